The van der Waals surface area contributed by atoms with E-state index in [-0.39, 0.29) is 17.1 Å². The molecule has 0 aliphatic heterocycles. The molecule has 3 rings (SSSR count). The molecular weight excluding hydrogens is 506 g/mol. The van der Waals surface area contributed by atoms with Crippen molar-refractivity contribution < 1.29 is 14.8 Å². The summed E-state index contributed by atoms with van der Waals surface area (Å²) in [7, 11) is 0. The molecule has 3 N–H and O–H groups in total. The normalized spacial score (nSPS) is 10.7. The summed E-state index contributed by atoms with van der Waals surface area (Å²) in [5.74, 6) is 0. The minimum atomic E-state index is -0.440. The molecule has 13 nitrogen and oxygen atoms in total. The van der Waals surface area contributed by atoms with Gasteiger partial charge in [0, 0.05) is 91.7 Å². The molecule has 0 aromatic heterocycles. The van der Waals surface area contributed by atoms with Gasteiger partial charge in [-0.2, -0.15) is 0 Å². The molecule has 39 heavy (non-hydrogen) atoms. The number of anilines is 3. The molecule has 0 unspecified atom stereocenters. The van der Waals surface area contributed by atoms with Gasteiger partial charge in [0.1, 0.15) is 0 Å². The number of rotatable bonds is 15. The number of nitrogens with one attached hydrogen (secondary N) is 3. The molecule has 0 fully saturated rings. The first-order chi connectivity index (χ1) is 18.6. The van der Waals surface area contributed by atoms with Crippen molar-refractivity contribution >= 4 is 34.1 Å². The smallest absolute Gasteiger partial charge is 0.272 e. The summed E-state index contributed by atoms with van der Waals surface area (Å²) >= 11 is 0. The van der Waals surface area contributed by atoms with Gasteiger partial charge in [0.05, 0.1) is 14.8 Å². The lowest BCUT2D eigenvalue weighted by Gasteiger charge is -2.24. The van der Waals surface area contributed by atoms with Crippen LogP contribution in [0, 0.1) is 44.2 Å². The summed E-state index contributed by atoms with van der Waals surface area (Å²) in [6, 6.07) is 16.1. The van der Waals surface area contributed by atoms with Gasteiger partial charge in [-0.05, 0) is 50.2 Å². The second kappa shape index (κ2) is 13.7. The Kier molecular flexibility index (Phi) is 10.1. The molecule has 0 aliphatic carbocycles. The van der Waals surface area contributed by atoms with E-state index >= 15 is 0 Å². The molecule has 3 aromatic rings. The fourth-order valence-corrected chi connectivity index (χ4v) is 4.05. The fourth-order valence-electron chi connectivity index (χ4n) is 4.05. The van der Waals surface area contributed by atoms with Crippen molar-refractivity contribution in [2.24, 2.45) is 0 Å². The number of benzene rings is 3. The number of nitro groups is 3. The van der Waals surface area contributed by atoms with Crippen LogP contribution in [0.3, 0.4) is 0 Å². The van der Waals surface area contributed by atoms with Crippen molar-refractivity contribution in [3.8, 4) is 0 Å². The fraction of sp³-hybridized carbons (Fsp3) is 0.308. The molecule has 0 radical (unpaired) electrons. The second-order valence-corrected chi connectivity index (χ2v) is 8.94. The Balaban J connectivity index is 1.56. The molecule has 0 heterocycles. The van der Waals surface area contributed by atoms with Crippen molar-refractivity contribution in [3.05, 3.63) is 102 Å². The lowest BCUT2D eigenvalue weighted by atomic mass is 10.2. The highest BCUT2D eigenvalue weighted by atomic mass is 16.6. The third kappa shape index (κ3) is 8.64. The number of hydrogen-bond donors (Lipinski definition) is 3. The number of nitrogens with zero attached hydrogens (tertiary/aromatic N) is 4. The Morgan fingerprint density at radius 1 is 0.590 bits per heavy atom. The number of aryl methyl sites for hydroxylation is 2. The van der Waals surface area contributed by atoms with Crippen LogP contribution in [0.25, 0.3) is 0 Å². The van der Waals surface area contributed by atoms with Crippen LogP contribution in [-0.2, 0) is 0 Å². The van der Waals surface area contributed by atoms with Gasteiger partial charge in [0.2, 0.25) is 0 Å². The maximum absolute atomic E-state index is 11.1. The van der Waals surface area contributed by atoms with Crippen LogP contribution >= 0.6 is 0 Å². The lowest BCUT2D eigenvalue weighted by molar-refractivity contribution is -0.385. The van der Waals surface area contributed by atoms with Crippen molar-refractivity contribution in [3.63, 3.8) is 0 Å². The first kappa shape index (κ1) is 28.8. The molecule has 13 heteroatoms. The van der Waals surface area contributed by atoms with E-state index in [1.165, 1.54) is 24.3 Å². The van der Waals surface area contributed by atoms with Crippen LogP contribution in [0.5, 0.6) is 0 Å². The van der Waals surface area contributed by atoms with Gasteiger partial charge in [0.25, 0.3) is 17.1 Å². The summed E-state index contributed by atoms with van der Waals surface area (Å²) in [4.78, 5) is 33.9. The maximum atomic E-state index is 11.1. The van der Waals surface area contributed by atoms with Crippen LogP contribution in [0.4, 0.5) is 34.1 Å². The quantitative estimate of drug-likeness (QED) is 0.178. The van der Waals surface area contributed by atoms with E-state index in [0.717, 1.165) is 17.1 Å². The molecule has 3 aromatic carbocycles. The summed E-state index contributed by atoms with van der Waals surface area (Å²) in [5, 5.41) is 42.9. The Hall–Kier alpha value is -4.78. The highest BCUT2D eigenvalue weighted by Gasteiger charge is 2.12. The Labute approximate surface area is 225 Å². The number of nitro benzene ring substituents is 3. The van der Waals surface area contributed by atoms with Gasteiger partial charge in [0.15, 0.2) is 0 Å². The van der Waals surface area contributed by atoms with E-state index < -0.39 is 14.8 Å². The van der Waals surface area contributed by atoms with E-state index in [1.807, 2.05) is 0 Å². The third-order valence-corrected chi connectivity index (χ3v) is 6.14. The molecule has 0 aliphatic rings. The van der Waals surface area contributed by atoms with Crippen molar-refractivity contribution in [1.82, 2.24) is 4.90 Å². The highest BCUT2D eigenvalue weighted by molar-refractivity contribution is 5.54. The van der Waals surface area contributed by atoms with E-state index in [9.17, 15) is 30.3 Å². The standard InChI is InChI=1S/C26H31N7O6/c1-19-17-22(5-9-25(19)32(36)37)28-12-15-30(14-11-27-21-3-7-24(8-4-21)31(34)35)16-13-29-23-6-10-26(33(38)39)20(2)18-23/h3-10,17-18,27-29H,11-16H2,1-2H3. The number of non-ortho nitro benzene ring substituents is 1. The van der Waals surface area contributed by atoms with Crippen molar-refractivity contribution in [2.45, 2.75) is 13.8 Å². The number of hydrogen-bond acceptors (Lipinski definition) is 10. The molecule has 0 amide bonds. The van der Waals surface area contributed by atoms with Crippen LogP contribution in [0.2, 0.25) is 0 Å². The van der Waals surface area contributed by atoms with Gasteiger partial charge in [-0.25, -0.2) is 0 Å². The predicted molar refractivity (Wildman–Crippen MR) is 151 cm³/mol. The van der Waals surface area contributed by atoms with E-state index in [0.29, 0.717) is 50.4 Å². The SMILES string of the molecule is Cc1cc(NCCN(CCNc2ccc([N+](=O)[O-])cc2)CCNc2ccc([N+](=O)[O-])c(C)c2)ccc1[N+](=O)[O-]. The van der Waals surface area contributed by atoms with E-state index in [2.05, 4.69) is 20.9 Å². The van der Waals surface area contributed by atoms with Crippen LogP contribution in [0.15, 0.2) is 60.7 Å². The van der Waals surface area contributed by atoms with E-state index in [4.69, 9.17) is 0 Å². The molecule has 0 saturated heterocycles. The lowest BCUT2D eigenvalue weighted by Crippen LogP contribution is -2.36. The zero-order chi connectivity index (χ0) is 28.4. The minimum Gasteiger partial charge on any atom is -0.384 e. The topological polar surface area (TPSA) is 169 Å². The van der Waals surface area contributed by atoms with Crippen LogP contribution < -0.4 is 16.0 Å². The van der Waals surface area contributed by atoms with Crippen molar-refractivity contribution in [1.29, 1.82) is 0 Å². The monoisotopic (exact) mass is 537 g/mol. The van der Waals surface area contributed by atoms with Crippen molar-refractivity contribution in [2.75, 3.05) is 55.2 Å². The average molecular weight is 538 g/mol. The minimum absolute atomic E-state index is 0.0299. The predicted octanol–water partition coefficient (Wildman–Crippen LogP) is 4.97. The largest absolute Gasteiger partial charge is 0.384 e. The van der Waals surface area contributed by atoms with Crippen LogP contribution in [-0.4, -0.2) is 58.9 Å². The Morgan fingerprint density at radius 2 is 0.974 bits per heavy atom. The molecular formula is C26H31N7O6. The van der Waals surface area contributed by atoms with Gasteiger partial charge in [-0.15, -0.1) is 0 Å². The zero-order valence-corrected chi connectivity index (χ0v) is 21.8. The Morgan fingerprint density at radius 3 is 1.33 bits per heavy atom. The summed E-state index contributed by atoms with van der Waals surface area (Å²) in [5.41, 5.74) is 3.71. The summed E-state index contributed by atoms with van der Waals surface area (Å²) in [6.45, 7) is 7.24. The Bertz CT molecular complexity index is 1250. The van der Waals surface area contributed by atoms with Gasteiger partial charge in [-0.3, -0.25) is 35.2 Å². The molecule has 0 atom stereocenters. The average Bonchev–Trinajstić information content (AvgIpc) is 2.88. The van der Waals surface area contributed by atoms with E-state index in [1.54, 1.807) is 50.2 Å². The second-order valence-electron chi connectivity index (χ2n) is 8.94. The third-order valence-electron chi connectivity index (χ3n) is 6.14. The molecule has 0 saturated carbocycles. The van der Waals surface area contributed by atoms with Gasteiger partial charge < -0.3 is 16.0 Å². The molecule has 0 spiro atoms. The maximum Gasteiger partial charge on any atom is 0.272 e. The summed E-state index contributed by atoms with van der Waals surface area (Å²) < 4.78 is 0. The first-order valence-corrected chi connectivity index (χ1v) is 12.3. The molecule has 0 bridgehead atoms. The first-order valence-electron chi connectivity index (χ1n) is 12.3. The molecule has 206 valence electrons. The summed E-state index contributed by atoms with van der Waals surface area (Å²) in [6.07, 6.45) is 0. The van der Waals surface area contributed by atoms with Crippen LogP contribution in [0.1, 0.15) is 11.1 Å². The zero-order valence-electron chi connectivity index (χ0n) is 21.8. The highest BCUT2D eigenvalue weighted by Crippen LogP contribution is 2.22. The van der Waals surface area contributed by atoms with Gasteiger partial charge >= 0.3 is 0 Å². The van der Waals surface area contributed by atoms with Gasteiger partial charge in [-0.1, -0.05) is 0 Å².